The largest absolute Gasteiger partial charge is 0.399 e. The Hall–Kier alpha value is -0.680. The third-order valence-electron chi connectivity index (χ3n) is 1.96. The minimum atomic E-state index is -2.31. The van der Waals surface area contributed by atoms with Crippen molar-refractivity contribution in [2.24, 2.45) is 0 Å². The lowest BCUT2D eigenvalue weighted by atomic mass is 10.2. The number of halogens is 3. The van der Waals surface area contributed by atoms with E-state index < -0.39 is 6.43 Å². The molecule has 15 heavy (non-hydrogen) atoms. The molecular formula is C10H13BrF2N2. The highest BCUT2D eigenvalue weighted by molar-refractivity contribution is 9.10. The second kappa shape index (κ2) is 5.42. The zero-order valence-electron chi connectivity index (χ0n) is 8.38. The molecule has 1 aromatic rings. The maximum absolute atomic E-state index is 12.1. The SMILES string of the molecule is CN(Cc1cc(N)ccc1Br)CC(F)F. The van der Waals surface area contributed by atoms with Crippen LogP contribution in [0.5, 0.6) is 0 Å². The van der Waals surface area contributed by atoms with Gasteiger partial charge in [-0.1, -0.05) is 15.9 Å². The molecule has 0 atom stereocenters. The first-order valence-electron chi connectivity index (χ1n) is 4.49. The van der Waals surface area contributed by atoms with Crippen LogP contribution in [0.4, 0.5) is 14.5 Å². The van der Waals surface area contributed by atoms with Gasteiger partial charge in [0, 0.05) is 16.7 Å². The second-order valence-electron chi connectivity index (χ2n) is 3.44. The molecule has 0 aliphatic rings. The topological polar surface area (TPSA) is 29.3 Å². The zero-order chi connectivity index (χ0) is 11.4. The summed E-state index contributed by atoms with van der Waals surface area (Å²) in [5, 5.41) is 0. The molecule has 0 saturated heterocycles. The van der Waals surface area contributed by atoms with E-state index in [2.05, 4.69) is 15.9 Å². The summed E-state index contributed by atoms with van der Waals surface area (Å²) >= 11 is 3.36. The molecular weight excluding hydrogens is 266 g/mol. The number of nitrogen functional groups attached to an aromatic ring is 1. The van der Waals surface area contributed by atoms with Gasteiger partial charge in [0.05, 0.1) is 6.54 Å². The van der Waals surface area contributed by atoms with Gasteiger partial charge in [-0.05, 0) is 30.8 Å². The Morgan fingerprint density at radius 1 is 1.47 bits per heavy atom. The van der Waals surface area contributed by atoms with E-state index in [1.54, 1.807) is 24.1 Å². The second-order valence-corrected chi connectivity index (χ2v) is 4.29. The minimum absolute atomic E-state index is 0.235. The number of anilines is 1. The van der Waals surface area contributed by atoms with Gasteiger partial charge in [0.15, 0.2) is 0 Å². The van der Waals surface area contributed by atoms with E-state index in [4.69, 9.17) is 5.73 Å². The first-order valence-corrected chi connectivity index (χ1v) is 5.29. The number of hydrogen-bond acceptors (Lipinski definition) is 2. The maximum Gasteiger partial charge on any atom is 0.251 e. The lowest BCUT2D eigenvalue weighted by Crippen LogP contribution is -2.24. The third-order valence-corrected chi connectivity index (χ3v) is 2.73. The lowest BCUT2D eigenvalue weighted by molar-refractivity contribution is 0.0975. The fraction of sp³-hybridized carbons (Fsp3) is 0.400. The van der Waals surface area contributed by atoms with Gasteiger partial charge in [-0.3, -0.25) is 4.90 Å². The molecule has 0 aromatic heterocycles. The van der Waals surface area contributed by atoms with Crippen LogP contribution in [0.3, 0.4) is 0 Å². The first-order chi connectivity index (χ1) is 6.99. The van der Waals surface area contributed by atoms with Crippen molar-refractivity contribution < 1.29 is 8.78 Å². The monoisotopic (exact) mass is 278 g/mol. The van der Waals surface area contributed by atoms with Gasteiger partial charge in [-0.2, -0.15) is 0 Å². The van der Waals surface area contributed by atoms with Crippen molar-refractivity contribution >= 4 is 21.6 Å². The number of hydrogen-bond donors (Lipinski definition) is 1. The molecule has 0 spiro atoms. The Bertz CT molecular complexity index is 331. The molecule has 0 saturated carbocycles. The predicted molar refractivity (Wildman–Crippen MR) is 60.9 cm³/mol. The fourth-order valence-corrected chi connectivity index (χ4v) is 1.68. The molecule has 0 aliphatic carbocycles. The minimum Gasteiger partial charge on any atom is -0.399 e. The quantitative estimate of drug-likeness (QED) is 0.859. The van der Waals surface area contributed by atoms with E-state index in [0.29, 0.717) is 12.2 Å². The molecule has 0 aliphatic heterocycles. The predicted octanol–water partition coefficient (Wildman–Crippen LogP) is 2.73. The molecule has 0 heterocycles. The fourth-order valence-electron chi connectivity index (χ4n) is 1.31. The first kappa shape index (κ1) is 12.4. The van der Waals surface area contributed by atoms with Crippen LogP contribution < -0.4 is 5.73 Å². The summed E-state index contributed by atoms with van der Waals surface area (Å²) in [5.41, 5.74) is 7.17. The van der Waals surface area contributed by atoms with Gasteiger partial charge in [0.1, 0.15) is 0 Å². The van der Waals surface area contributed by atoms with Crippen molar-refractivity contribution in [1.29, 1.82) is 0 Å². The van der Waals surface area contributed by atoms with Crippen molar-refractivity contribution in [3.8, 4) is 0 Å². The summed E-state index contributed by atoms with van der Waals surface area (Å²) in [6.45, 7) is 0.219. The van der Waals surface area contributed by atoms with Gasteiger partial charge in [-0.25, -0.2) is 8.78 Å². The van der Waals surface area contributed by atoms with E-state index in [9.17, 15) is 8.78 Å². The molecule has 0 bridgehead atoms. The van der Waals surface area contributed by atoms with Gasteiger partial charge in [-0.15, -0.1) is 0 Å². The number of rotatable bonds is 4. The van der Waals surface area contributed by atoms with Gasteiger partial charge < -0.3 is 5.73 Å². The van der Waals surface area contributed by atoms with Crippen LogP contribution in [0.1, 0.15) is 5.56 Å². The highest BCUT2D eigenvalue weighted by Gasteiger charge is 2.09. The standard InChI is InChI=1S/C10H13BrF2N2/c1-15(6-10(12)13)5-7-4-8(14)2-3-9(7)11/h2-4,10H,5-6,14H2,1H3. The zero-order valence-corrected chi connectivity index (χ0v) is 9.97. The van der Waals surface area contributed by atoms with Crippen LogP contribution in [0.15, 0.2) is 22.7 Å². The maximum atomic E-state index is 12.1. The summed E-state index contributed by atoms with van der Waals surface area (Å²) < 4.78 is 25.1. The molecule has 2 nitrogen and oxygen atoms in total. The average molecular weight is 279 g/mol. The van der Waals surface area contributed by atoms with Crippen LogP contribution in [-0.2, 0) is 6.54 Å². The number of nitrogens with two attached hydrogens (primary N) is 1. The lowest BCUT2D eigenvalue weighted by Gasteiger charge is -2.17. The summed E-state index contributed by atoms with van der Waals surface area (Å²) in [7, 11) is 1.65. The average Bonchev–Trinajstić information content (AvgIpc) is 2.10. The number of alkyl halides is 2. The molecule has 0 amide bonds. The smallest absolute Gasteiger partial charge is 0.251 e. The highest BCUT2D eigenvalue weighted by atomic mass is 79.9. The summed E-state index contributed by atoms with van der Waals surface area (Å²) in [5.74, 6) is 0. The number of nitrogens with zero attached hydrogens (tertiary/aromatic N) is 1. The van der Waals surface area contributed by atoms with E-state index in [1.807, 2.05) is 6.07 Å². The van der Waals surface area contributed by atoms with Crippen molar-refractivity contribution in [2.75, 3.05) is 19.3 Å². The van der Waals surface area contributed by atoms with Crippen molar-refractivity contribution in [3.05, 3.63) is 28.2 Å². The van der Waals surface area contributed by atoms with Crippen molar-refractivity contribution in [3.63, 3.8) is 0 Å². The normalized spacial score (nSPS) is 11.3. The van der Waals surface area contributed by atoms with Gasteiger partial charge in [0.2, 0.25) is 0 Å². The third kappa shape index (κ3) is 4.13. The molecule has 1 aromatic carbocycles. The van der Waals surface area contributed by atoms with E-state index in [1.165, 1.54) is 0 Å². The molecule has 84 valence electrons. The summed E-state index contributed by atoms with van der Waals surface area (Å²) in [4.78, 5) is 1.56. The molecule has 0 unspecified atom stereocenters. The Labute approximate surface area is 96.2 Å². The summed E-state index contributed by atoms with van der Waals surface area (Å²) in [6, 6.07) is 5.37. The van der Waals surface area contributed by atoms with E-state index in [-0.39, 0.29) is 6.54 Å². The van der Waals surface area contributed by atoms with Crippen LogP contribution in [0.2, 0.25) is 0 Å². The summed E-state index contributed by atoms with van der Waals surface area (Å²) in [6.07, 6.45) is -2.31. The van der Waals surface area contributed by atoms with Crippen molar-refractivity contribution in [1.82, 2.24) is 4.90 Å². The highest BCUT2D eigenvalue weighted by Crippen LogP contribution is 2.20. The van der Waals surface area contributed by atoms with Crippen LogP contribution >= 0.6 is 15.9 Å². The molecule has 0 radical (unpaired) electrons. The van der Waals surface area contributed by atoms with Gasteiger partial charge in [0.25, 0.3) is 6.43 Å². The van der Waals surface area contributed by atoms with Crippen LogP contribution in [0.25, 0.3) is 0 Å². The van der Waals surface area contributed by atoms with Crippen LogP contribution in [-0.4, -0.2) is 24.9 Å². The Kier molecular flexibility index (Phi) is 4.47. The Morgan fingerprint density at radius 2 is 2.13 bits per heavy atom. The van der Waals surface area contributed by atoms with E-state index in [0.717, 1.165) is 10.0 Å². The van der Waals surface area contributed by atoms with Crippen molar-refractivity contribution in [2.45, 2.75) is 13.0 Å². The molecule has 0 fully saturated rings. The molecule has 5 heteroatoms. The van der Waals surface area contributed by atoms with E-state index >= 15 is 0 Å². The van der Waals surface area contributed by atoms with Crippen LogP contribution in [0, 0.1) is 0 Å². The number of benzene rings is 1. The van der Waals surface area contributed by atoms with Gasteiger partial charge >= 0.3 is 0 Å². The molecule has 2 N–H and O–H groups in total. The Balaban J connectivity index is 2.67. The molecule has 1 rings (SSSR count). The Morgan fingerprint density at radius 3 is 2.73 bits per heavy atom.